The van der Waals surface area contributed by atoms with Crippen LogP contribution < -0.4 is 0 Å². The van der Waals surface area contributed by atoms with E-state index < -0.39 is 0 Å². The van der Waals surface area contributed by atoms with Crippen LogP contribution in [-0.4, -0.2) is 0 Å². The molecule has 0 spiro atoms. The van der Waals surface area contributed by atoms with Gasteiger partial charge in [-0.05, 0) is 25.7 Å². The van der Waals surface area contributed by atoms with Crippen LogP contribution in [0.3, 0.4) is 0 Å². The molecule has 1 atom stereocenters. The molecule has 0 amide bonds. The normalized spacial score (nSPS) is 24.5. The summed E-state index contributed by atoms with van der Waals surface area (Å²) < 4.78 is 0. The van der Waals surface area contributed by atoms with Gasteiger partial charge in [0.1, 0.15) is 0 Å². The fraction of sp³-hybridized carbons (Fsp3) is 0.636. The van der Waals surface area contributed by atoms with Crippen molar-refractivity contribution in [2.45, 2.75) is 40.0 Å². The van der Waals surface area contributed by atoms with Crippen molar-refractivity contribution in [2.24, 2.45) is 5.92 Å². The van der Waals surface area contributed by atoms with E-state index in [0.717, 1.165) is 5.92 Å². The second kappa shape index (κ2) is 3.75. The highest BCUT2D eigenvalue weighted by atomic mass is 14.2. The second-order valence-electron chi connectivity index (χ2n) is 3.50. The maximum absolute atomic E-state index is 2.33. The standard InChI is InChI=1S/C11H18/c1-4-6-11-9(2)7-5-8-10(11)3/h5,7,10H,4,6,8H2,1-3H3. The molecule has 1 unspecified atom stereocenters. The summed E-state index contributed by atoms with van der Waals surface area (Å²) >= 11 is 0. The first-order chi connectivity index (χ1) is 5.25. The lowest BCUT2D eigenvalue weighted by atomic mass is 9.86. The van der Waals surface area contributed by atoms with Crippen LogP contribution in [0.25, 0.3) is 0 Å². The molecule has 1 rings (SSSR count). The summed E-state index contributed by atoms with van der Waals surface area (Å²) in [7, 11) is 0. The molecule has 11 heavy (non-hydrogen) atoms. The minimum atomic E-state index is 0.792. The largest absolute Gasteiger partial charge is 0.0837 e. The van der Waals surface area contributed by atoms with E-state index in [-0.39, 0.29) is 0 Å². The Bertz CT molecular complexity index is 184. The van der Waals surface area contributed by atoms with Crippen molar-refractivity contribution >= 4 is 0 Å². The van der Waals surface area contributed by atoms with Crippen LogP contribution in [0.1, 0.15) is 40.0 Å². The SMILES string of the molecule is CCCC1=C(C)C=CCC1C. The monoisotopic (exact) mass is 150 g/mol. The van der Waals surface area contributed by atoms with Crippen LogP contribution in [-0.2, 0) is 0 Å². The van der Waals surface area contributed by atoms with Gasteiger partial charge in [-0.1, -0.05) is 43.6 Å². The van der Waals surface area contributed by atoms with Gasteiger partial charge < -0.3 is 0 Å². The molecule has 1 aliphatic carbocycles. The molecular formula is C11H18. The molecule has 0 nitrogen and oxygen atoms in total. The van der Waals surface area contributed by atoms with Crippen LogP contribution in [0.15, 0.2) is 23.3 Å². The van der Waals surface area contributed by atoms with Gasteiger partial charge in [0.2, 0.25) is 0 Å². The van der Waals surface area contributed by atoms with Crippen molar-refractivity contribution in [1.29, 1.82) is 0 Å². The summed E-state index contributed by atoms with van der Waals surface area (Å²) in [6.45, 7) is 6.82. The Hall–Kier alpha value is -0.520. The van der Waals surface area contributed by atoms with Crippen molar-refractivity contribution in [1.82, 2.24) is 0 Å². The summed E-state index contributed by atoms with van der Waals surface area (Å²) in [5.74, 6) is 0.792. The highest BCUT2D eigenvalue weighted by Crippen LogP contribution is 2.27. The quantitative estimate of drug-likeness (QED) is 0.563. The van der Waals surface area contributed by atoms with Gasteiger partial charge in [0.25, 0.3) is 0 Å². The van der Waals surface area contributed by atoms with E-state index in [2.05, 4.69) is 32.9 Å². The summed E-state index contributed by atoms with van der Waals surface area (Å²) in [5.41, 5.74) is 3.18. The van der Waals surface area contributed by atoms with Crippen molar-refractivity contribution in [3.05, 3.63) is 23.3 Å². The molecule has 0 aliphatic heterocycles. The van der Waals surface area contributed by atoms with Gasteiger partial charge in [0.15, 0.2) is 0 Å². The van der Waals surface area contributed by atoms with Crippen molar-refractivity contribution in [3.8, 4) is 0 Å². The zero-order chi connectivity index (χ0) is 8.27. The lowest BCUT2D eigenvalue weighted by molar-refractivity contribution is 0.632. The zero-order valence-corrected chi connectivity index (χ0v) is 7.85. The van der Waals surface area contributed by atoms with Gasteiger partial charge in [0.05, 0.1) is 0 Å². The van der Waals surface area contributed by atoms with Crippen molar-refractivity contribution in [3.63, 3.8) is 0 Å². The molecule has 1 aliphatic rings. The molecule has 0 heterocycles. The number of hydrogen-bond acceptors (Lipinski definition) is 0. The minimum absolute atomic E-state index is 0.792. The molecule has 0 bridgehead atoms. The Morgan fingerprint density at radius 3 is 2.82 bits per heavy atom. The smallest absolute Gasteiger partial charge is 0.0191 e. The molecule has 0 aromatic rings. The van der Waals surface area contributed by atoms with Gasteiger partial charge in [-0.3, -0.25) is 0 Å². The fourth-order valence-corrected chi connectivity index (χ4v) is 1.80. The van der Waals surface area contributed by atoms with E-state index in [1.165, 1.54) is 24.8 Å². The molecule has 0 heteroatoms. The predicted molar refractivity (Wildman–Crippen MR) is 50.5 cm³/mol. The lowest BCUT2D eigenvalue weighted by Gasteiger charge is -2.19. The predicted octanol–water partition coefficient (Wildman–Crippen LogP) is 3.70. The van der Waals surface area contributed by atoms with Crippen LogP contribution >= 0.6 is 0 Å². The highest BCUT2D eigenvalue weighted by Gasteiger charge is 2.11. The minimum Gasteiger partial charge on any atom is -0.0837 e. The third kappa shape index (κ3) is 1.95. The third-order valence-corrected chi connectivity index (χ3v) is 2.48. The van der Waals surface area contributed by atoms with Gasteiger partial charge in [-0.25, -0.2) is 0 Å². The van der Waals surface area contributed by atoms with E-state index in [0.29, 0.717) is 0 Å². The van der Waals surface area contributed by atoms with Crippen LogP contribution in [0, 0.1) is 5.92 Å². The van der Waals surface area contributed by atoms with Crippen LogP contribution in [0.4, 0.5) is 0 Å². The molecule has 0 aromatic heterocycles. The number of allylic oxidation sites excluding steroid dienone is 4. The fourth-order valence-electron chi connectivity index (χ4n) is 1.80. The molecule has 0 N–H and O–H groups in total. The Balaban J connectivity index is 2.74. The lowest BCUT2D eigenvalue weighted by Crippen LogP contribution is -2.03. The van der Waals surface area contributed by atoms with E-state index in [1.807, 2.05) is 0 Å². The highest BCUT2D eigenvalue weighted by molar-refractivity contribution is 5.29. The number of rotatable bonds is 2. The van der Waals surface area contributed by atoms with Gasteiger partial charge in [-0.15, -0.1) is 0 Å². The van der Waals surface area contributed by atoms with Crippen LogP contribution in [0.5, 0.6) is 0 Å². The molecule has 62 valence electrons. The average molecular weight is 150 g/mol. The Labute approximate surface area is 70.0 Å². The maximum Gasteiger partial charge on any atom is -0.0191 e. The second-order valence-corrected chi connectivity index (χ2v) is 3.50. The first kappa shape index (κ1) is 8.58. The summed E-state index contributed by atoms with van der Waals surface area (Å²) in [6, 6.07) is 0. The summed E-state index contributed by atoms with van der Waals surface area (Å²) in [4.78, 5) is 0. The third-order valence-electron chi connectivity index (χ3n) is 2.48. The molecule has 0 radical (unpaired) electrons. The summed E-state index contributed by atoms with van der Waals surface area (Å²) in [6.07, 6.45) is 8.37. The van der Waals surface area contributed by atoms with Crippen molar-refractivity contribution < 1.29 is 0 Å². The van der Waals surface area contributed by atoms with Crippen LogP contribution in [0.2, 0.25) is 0 Å². The molecule has 0 saturated heterocycles. The van der Waals surface area contributed by atoms with Crippen molar-refractivity contribution in [2.75, 3.05) is 0 Å². The molecule has 0 aromatic carbocycles. The van der Waals surface area contributed by atoms with E-state index in [9.17, 15) is 0 Å². The topological polar surface area (TPSA) is 0 Å². The van der Waals surface area contributed by atoms with Gasteiger partial charge >= 0.3 is 0 Å². The van der Waals surface area contributed by atoms with E-state index >= 15 is 0 Å². The Morgan fingerprint density at radius 1 is 1.55 bits per heavy atom. The average Bonchev–Trinajstić information content (AvgIpc) is 1.97. The number of hydrogen-bond donors (Lipinski definition) is 0. The van der Waals surface area contributed by atoms with E-state index in [4.69, 9.17) is 0 Å². The Morgan fingerprint density at radius 2 is 2.27 bits per heavy atom. The molecule has 0 saturated carbocycles. The first-order valence-corrected chi connectivity index (χ1v) is 4.62. The molecular weight excluding hydrogens is 132 g/mol. The molecule has 0 fully saturated rings. The summed E-state index contributed by atoms with van der Waals surface area (Å²) in [5, 5.41) is 0. The maximum atomic E-state index is 2.33. The first-order valence-electron chi connectivity index (χ1n) is 4.62. The zero-order valence-electron chi connectivity index (χ0n) is 7.85. The van der Waals surface area contributed by atoms with Gasteiger partial charge in [0, 0.05) is 0 Å². The Kier molecular flexibility index (Phi) is 2.92. The van der Waals surface area contributed by atoms with Gasteiger partial charge in [-0.2, -0.15) is 0 Å². The van der Waals surface area contributed by atoms with E-state index in [1.54, 1.807) is 5.57 Å².